The maximum atomic E-state index is 3.68. The molecule has 1 aliphatic rings. The van der Waals surface area contributed by atoms with Crippen molar-refractivity contribution in [2.45, 2.75) is 38.6 Å². The van der Waals surface area contributed by atoms with E-state index in [2.05, 4.69) is 53.0 Å². The summed E-state index contributed by atoms with van der Waals surface area (Å²) in [6, 6.07) is 2.97. The van der Waals surface area contributed by atoms with Gasteiger partial charge >= 0.3 is 0 Å². The van der Waals surface area contributed by atoms with Crippen LogP contribution in [0.1, 0.15) is 42.7 Å². The van der Waals surface area contributed by atoms with E-state index in [9.17, 15) is 0 Å². The molecular formula is C13H18INS. The lowest BCUT2D eigenvalue weighted by atomic mass is 9.94. The van der Waals surface area contributed by atoms with E-state index >= 15 is 0 Å². The van der Waals surface area contributed by atoms with Crippen LogP contribution < -0.4 is 5.32 Å². The molecule has 0 bridgehead atoms. The highest BCUT2D eigenvalue weighted by molar-refractivity contribution is 14.1. The fraction of sp³-hybridized carbons (Fsp3) is 0.538. The summed E-state index contributed by atoms with van der Waals surface area (Å²) in [7, 11) is 0. The number of nitrogens with one attached hydrogen (secondary N) is 1. The van der Waals surface area contributed by atoms with Gasteiger partial charge in [-0.2, -0.15) is 0 Å². The number of aryl methyl sites for hydroxylation is 1. The van der Waals surface area contributed by atoms with Crippen LogP contribution in [0.2, 0.25) is 0 Å². The second-order valence-corrected chi connectivity index (χ2v) is 7.22. The third kappa shape index (κ3) is 3.08. The molecule has 0 saturated carbocycles. The van der Waals surface area contributed by atoms with Crippen LogP contribution in [0.3, 0.4) is 0 Å². The minimum atomic E-state index is 0.605. The Kier molecular flexibility index (Phi) is 4.85. The van der Waals surface area contributed by atoms with Crippen LogP contribution in [-0.4, -0.2) is 6.54 Å². The fourth-order valence-electron chi connectivity index (χ4n) is 2.24. The highest BCUT2D eigenvalue weighted by Gasteiger charge is 2.21. The average molecular weight is 347 g/mol. The summed E-state index contributed by atoms with van der Waals surface area (Å²) in [5.74, 6) is 0. The minimum absolute atomic E-state index is 0.605. The summed E-state index contributed by atoms with van der Waals surface area (Å²) < 4.78 is 1.43. The zero-order valence-corrected chi connectivity index (χ0v) is 12.6. The van der Waals surface area contributed by atoms with Gasteiger partial charge in [0.25, 0.3) is 0 Å². The third-order valence-electron chi connectivity index (χ3n) is 3.02. The van der Waals surface area contributed by atoms with Crippen molar-refractivity contribution in [1.29, 1.82) is 0 Å². The van der Waals surface area contributed by atoms with Gasteiger partial charge in [0.15, 0.2) is 0 Å². The van der Waals surface area contributed by atoms with Crippen molar-refractivity contribution < 1.29 is 0 Å². The number of fused-ring (bicyclic) bond motifs is 1. The van der Waals surface area contributed by atoms with E-state index < -0.39 is 0 Å². The molecule has 0 radical (unpaired) electrons. The molecule has 1 N–H and O–H groups in total. The monoisotopic (exact) mass is 347 g/mol. The molecule has 1 unspecified atom stereocenters. The Hall–Kier alpha value is 0.130. The van der Waals surface area contributed by atoms with Crippen LogP contribution in [-0.2, 0) is 6.42 Å². The summed E-state index contributed by atoms with van der Waals surface area (Å²) in [6.45, 7) is 3.18. The highest BCUT2D eigenvalue weighted by Crippen LogP contribution is 2.36. The Labute approximate surface area is 115 Å². The maximum Gasteiger partial charge on any atom is 0.0659 e. The Morgan fingerprint density at radius 2 is 2.50 bits per heavy atom. The van der Waals surface area contributed by atoms with Gasteiger partial charge in [-0.25, -0.2) is 0 Å². The molecular weight excluding hydrogens is 329 g/mol. The molecule has 16 heavy (non-hydrogen) atoms. The Morgan fingerprint density at radius 3 is 3.31 bits per heavy atom. The maximum absolute atomic E-state index is 3.68. The predicted molar refractivity (Wildman–Crippen MR) is 80.1 cm³/mol. The van der Waals surface area contributed by atoms with Gasteiger partial charge in [0.05, 0.1) is 2.88 Å². The Balaban J connectivity index is 1.96. The van der Waals surface area contributed by atoms with Crippen molar-refractivity contribution >= 4 is 33.9 Å². The number of hydrogen-bond donors (Lipinski definition) is 1. The summed E-state index contributed by atoms with van der Waals surface area (Å²) in [4.78, 5) is 1.61. The van der Waals surface area contributed by atoms with E-state index in [1.165, 1.54) is 22.1 Å². The van der Waals surface area contributed by atoms with E-state index in [-0.39, 0.29) is 0 Å². The van der Waals surface area contributed by atoms with Crippen molar-refractivity contribution in [3.63, 3.8) is 0 Å². The first-order chi connectivity index (χ1) is 7.81. The van der Waals surface area contributed by atoms with Gasteiger partial charge in [-0.3, -0.25) is 0 Å². The lowest BCUT2D eigenvalue weighted by Gasteiger charge is -2.23. The van der Waals surface area contributed by atoms with Gasteiger partial charge < -0.3 is 5.32 Å². The van der Waals surface area contributed by atoms with Crippen molar-refractivity contribution in [1.82, 2.24) is 5.32 Å². The number of thiophene rings is 1. The van der Waals surface area contributed by atoms with Gasteiger partial charge in [-0.1, -0.05) is 12.2 Å². The number of rotatable bonds is 4. The van der Waals surface area contributed by atoms with Gasteiger partial charge in [0.1, 0.15) is 0 Å². The normalized spacial score (nSPS) is 20.2. The molecule has 0 amide bonds. The zero-order valence-electron chi connectivity index (χ0n) is 9.63. The molecule has 1 aromatic rings. The summed E-state index contributed by atoms with van der Waals surface area (Å²) in [5, 5.41) is 3.68. The highest BCUT2D eigenvalue weighted by atomic mass is 127. The Morgan fingerprint density at radius 1 is 1.62 bits per heavy atom. The summed E-state index contributed by atoms with van der Waals surface area (Å²) in [6.07, 6.45) is 9.43. The Bertz CT molecular complexity index is 370. The molecule has 1 heterocycles. The molecule has 1 aromatic heterocycles. The van der Waals surface area contributed by atoms with Crippen LogP contribution in [0.5, 0.6) is 0 Å². The van der Waals surface area contributed by atoms with Crippen LogP contribution >= 0.6 is 33.9 Å². The lowest BCUT2D eigenvalue weighted by molar-refractivity contribution is 0.468. The average Bonchev–Trinajstić information content (AvgIpc) is 2.65. The largest absolute Gasteiger partial charge is 0.310 e. The molecule has 1 aliphatic carbocycles. The molecule has 1 nitrogen and oxygen atoms in total. The zero-order chi connectivity index (χ0) is 11.4. The van der Waals surface area contributed by atoms with Crippen LogP contribution in [0.15, 0.2) is 18.2 Å². The topological polar surface area (TPSA) is 12.0 Å². The number of hydrogen-bond acceptors (Lipinski definition) is 2. The quantitative estimate of drug-likeness (QED) is 0.487. The summed E-state index contributed by atoms with van der Waals surface area (Å²) >= 11 is 4.41. The number of halogens is 1. The molecule has 88 valence electrons. The fourth-order valence-corrected chi connectivity index (χ4v) is 4.36. The molecule has 3 heteroatoms. The first-order valence-electron chi connectivity index (χ1n) is 5.94. The van der Waals surface area contributed by atoms with Crippen molar-refractivity contribution in [3.8, 4) is 0 Å². The van der Waals surface area contributed by atoms with Crippen LogP contribution in [0.4, 0.5) is 0 Å². The summed E-state index contributed by atoms with van der Waals surface area (Å²) in [5.41, 5.74) is 1.57. The smallest absolute Gasteiger partial charge is 0.0659 e. The predicted octanol–water partition coefficient (Wildman–Crippen LogP) is 4.29. The van der Waals surface area contributed by atoms with E-state index in [0.717, 1.165) is 13.0 Å². The second-order valence-electron chi connectivity index (χ2n) is 4.19. The first kappa shape index (κ1) is 12.6. The van der Waals surface area contributed by atoms with Crippen molar-refractivity contribution in [2.75, 3.05) is 6.54 Å². The molecule has 1 atom stereocenters. The first-order valence-corrected chi connectivity index (χ1v) is 7.83. The van der Waals surface area contributed by atoms with Crippen molar-refractivity contribution in [2.24, 2.45) is 0 Å². The molecule has 0 aromatic carbocycles. The van der Waals surface area contributed by atoms with E-state index in [1.807, 2.05) is 11.3 Å². The second kappa shape index (κ2) is 6.17. The minimum Gasteiger partial charge on any atom is -0.310 e. The van der Waals surface area contributed by atoms with Gasteiger partial charge in [-0.05, 0) is 73.4 Å². The third-order valence-corrected chi connectivity index (χ3v) is 4.99. The van der Waals surface area contributed by atoms with Gasteiger partial charge in [0, 0.05) is 10.9 Å². The van der Waals surface area contributed by atoms with Gasteiger partial charge in [-0.15, -0.1) is 11.3 Å². The molecule has 2 rings (SSSR count). The standard InChI is InChI=1S/C13H18INS/c1-2-3-4-8-15-11-6-5-7-12-10(11)9-13(14)16-12/h2-3,9,11,15H,4-8H2,1H3/b3-2+. The van der Waals surface area contributed by atoms with E-state index in [0.29, 0.717) is 6.04 Å². The van der Waals surface area contributed by atoms with E-state index in [4.69, 9.17) is 0 Å². The van der Waals surface area contributed by atoms with Crippen molar-refractivity contribution in [3.05, 3.63) is 31.5 Å². The molecule has 0 fully saturated rings. The van der Waals surface area contributed by atoms with Crippen LogP contribution in [0.25, 0.3) is 0 Å². The molecule has 0 aliphatic heterocycles. The van der Waals surface area contributed by atoms with E-state index in [1.54, 1.807) is 10.4 Å². The van der Waals surface area contributed by atoms with Crippen LogP contribution in [0, 0.1) is 2.88 Å². The lowest BCUT2D eigenvalue weighted by Crippen LogP contribution is -2.24. The SMILES string of the molecule is C/C=C/CCNC1CCCc2sc(I)cc21. The number of allylic oxidation sites excluding steroid dienone is 1. The van der Waals surface area contributed by atoms with Gasteiger partial charge in [0.2, 0.25) is 0 Å². The molecule has 0 spiro atoms. The molecule has 0 saturated heterocycles.